The van der Waals surface area contributed by atoms with Gasteiger partial charge in [0.15, 0.2) is 0 Å². The molecule has 6 N–H and O–H groups in total. The number of nitrogens with zero attached hydrogens (tertiary/aromatic N) is 2. The standard InChI is InChI=1S/C38H42N6.H2O/c1-5-37(6-2)31-19-15-27(41-31)35(25-13-9-11-23-39-25)29-17-21-33(43-29)38(7-3,8-4)34-22-18-30(44-34)36(26-14-10-12-24-40-26)28-16-20-32(37)42-28;/h9-24,35-36,41-44H,5-8H2,1-4H3;1H2. The number of aromatic amines is 4. The van der Waals surface area contributed by atoms with Crippen LogP contribution in [0.1, 0.15) is 122 Å². The molecule has 0 saturated heterocycles. The van der Waals surface area contributed by atoms with Gasteiger partial charge < -0.3 is 25.4 Å². The van der Waals surface area contributed by atoms with Gasteiger partial charge in [-0.3, -0.25) is 9.97 Å². The van der Waals surface area contributed by atoms with Crippen LogP contribution >= 0.6 is 0 Å². The van der Waals surface area contributed by atoms with Crippen LogP contribution in [-0.2, 0) is 10.8 Å². The van der Waals surface area contributed by atoms with Gasteiger partial charge in [-0.2, -0.15) is 0 Å². The van der Waals surface area contributed by atoms with E-state index in [-0.39, 0.29) is 28.1 Å². The number of rotatable bonds is 6. The molecule has 45 heavy (non-hydrogen) atoms. The lowest BCUT2D eigenvalue weighted by Crippen LogP contribution is -2.28. The van der Waals surface area contributed by atoms with Crippen molar-refractivity contribution in [2.24, 2.45) is 0 Å². The summed E-state index contributed by atoms with van der Waals surface area (Å²) < 4.78 is 0. The van der Waals surface area contributed by atoms with E-state index < -0.39 is 0 Å². The summed E-state index contributed by atoms with van der Waals surface area (Å²) in [6.07, 6.45) is 7.63. The highest BCUT2D eigenvalue weighted by Crippen LogP contribution is 2.44. The number of nitrogens with one attached hydrogen (secondary N) is 4. The summed E-state index contributed by atoms with van der Waals surface area (Å²) in [6.45, 7) is 9.16. The van der Waals surface area contributed by atoms with Gasteiger partial charge in [0.1, 0.15) is 0 Å². The number of aromatic nitrogens is 6. The van der Waals surface area contributed by atoms with E-state index in [0.29, 0.717) is 0 Å². The lowest BCUT2D eigenvalue weighted by molar-refractivity contribution is 0.451. The maximum atomic E-state index is 4.85. The van der Waals surface area contributed by atoms with Gasteiger partial charge in [-0.15, -0.1) is 0 Å². The van der Waals surface area contributed by atoms with Crippen molar-refractivity contribution in [3.63, 3.8) is 0 Å². The number of fused-ring (bicyclic) bond motifs is 8. The van der Waals surface area contributed by atoms with E-state index >= 15 is 0 Å². The smallest absolute Gasteiger partial charge is 0.0813 e. The highest BCUT2D eigenvalue weighted by atomic mass is 16.0. The summed E-state index contributed by atoms with van der Waals surface area (Å²) in [5, 5.41) is 0. The lowest BCUT2D eigenvalue weighted by atomic mass is 9.76. The molecule has 7 heteroatoms. The number of hydrogen-bond donors (Lipinski definition) is 4. The first kappa shape index (κ1) is 30.4. The van der Waals surface area contributed by atoms with Crippen LogP contribution in [0.4, 0.5) is 0 Å². The summed E-state index contributed by atoms with van der Waals surface area (Å²) in [6, 6.07) is 30.6. The maximum absolute atomic E-state index is 4.85. The van der Waals surface area contributed by atoms with Gasteiger partial charge in [0.05, 0.1) is 23.2 Å². The minimum Gasteiger partial charge on any atom is -0.412 e. The highest BCUT2D eigenvalue weighted by Gasteiger charge is 2.38. The van der Waals surface area contributed by atoms with Crippen LogP contribution in [0.25, 0.3) is 0 Å². The average molecular weight is 601 g/mol. The predicted molar refractivity (Wildman–Crippen MR) is 180 cm³/mol. The second-order valence-electron chi connectivity index (χ2n) is 12.3. The molecule has 0 amide bonds. The van der Waals surface area contributed by atoms with E-state index in [2.05, 4.69) is 120 Å². The molecule has 6 aromatic rings. The molecule has 8 bridgehead atoms. The van der Waals surface area contributed by atoms with E-state index in [1.165, 1.54) is 22.8 Å². The third-order valence-electron chi connectivity index (χ3n) is 10.5. The van der Waals surface area contributed by atoms with Crippen LogP contribution in [0.15, 0.2) is 97.3 Å². The van der Waals surface area contributed by atoms with Crippen molar-refractivity contribution < 1.29 is 5.48 Å². The van der Waals surface area contributed by atoms with Crippen LogP contribution < -0.4 is 0 Å². The van der Waals surface area contributed by atoms with Crippen molar-refractivity contribution in [3.8, 4) is 0 Å². The Balaban J connectivity index is 0.00000357. The van der Waals surface area contributed by atoms with Crippen molar-refractivity contribution in [1.29, 1.82) is 0 Å². The van der Waals surface area contributed by atoms with Crippen LogP contribution in [0.3, 0.4) is 0 Å². The first-order valence-electron chi connectivity index (χ1n) is 16.2. The third kappa shape index (κ3) is 4.77. The fourth-order valence-electron chi connectivity index (χ4n) is 7.82. The Bertz CT molecular complexity index is 1610. The maximum Gasteiger partial charge on any atom is 0.0813 e. The predicted octanol–water partition coefficient (Wildman–Crippen LogP) is 7.85. The van der Waals surface area contributed by atoms with Crippen molar-refractivity contribution >= 4 is 0 Å². The Labute approximate surface area is 265 Å². The summed E-state index contributed by atoms with van der Waals surface area (Å²) in [7, 11) is 0. The summed E-state index contributed by atoms with van der Waals surface area (Å²) in [5.41, 5.74) is 11.1. The SMILES string of the molecule is CCC1(CC)c2ccc([nH]2)C(c2ccccn2)c2ccc([nH]2)C(CC)(CC)c2ccc([nH]2)C(c2ccccn2)c2ccc1[nH]2.O. The van der Waals surface area contributed by atoms with Crippen LogP contribution in [0.5, 0.6) is 0 Å². The summed E-state index contributed by atoms with van der Waals surface area (Å²) >= 11 is 0. The Morgan fingerprint density at radius 1 is 0.467 bits per heavy atom. The zero-order chi connectivity index (χ0) is 30.3. The fourth-order valence-corrected chi connectivity index (χ4v) is 7.82. The van der Waals surface area contributed by atoms with Gasteiger partial charge in [-0.25, -0.2) is 0 Å². The van der Waals surface area contributed by atoms with Gasteiger partial charge in [0.25, 0.3) is 0 Å². The largest absolute Gasteiger partial charge is 0.412 e. The molecule has 0 aromatic carbocycles. The van der Waals surface area contributed by atoms with Crippen LogP contribution in [0.2, 0.25) is 0 Å². The second kappa shape index (κ2) is 12.1. The van der Waals surface area contributed by atoms with Gasteiger partial charge in [-0.1, -0.05) is 39.8 Å². The quantitative estimate of drug-likeness (QED) is 0.156. The number of H-pyrrole nitrogens is 4. The molecule has 0 saturated carbocycles. The molecule has 0 atom stereocenters. The van der Waals surface area contributed by atoms with E-state index in [9.17, 15) is 0 Å². The van der Waals surface area contributed by atoms with E-state index in [1.807, 2.05) is 24.5 Å². The van der Waals surface area contributed by atoms with E-state index in [1.54, 1.807) is 0 Å². The molecule has 0 radical (unpaired) electrons. The molecule has 1 aliphatic heterocycles. The van der Waals surface area contributed by atoms with Gasteiger partial charge >= 0.3 is 0 Å². The minimum atomic E-state index is -0.196. The molecule has 0 fully saturated rings. The topological polar surface area (TPSA) is 120 Å². The van der Waals surface area contributed by atoms with Crippen LogP contribution in [0, 0.1) is 0 Å². The van der Waals surface area contributed by atoms with E-state index in [0.717, 1.165) is 59.8 Å². The van der Waals surface area contributed by atoms with Crippen molar-refractivity contribution in [2.45, 2.75) is 76.0 Å². The molecule has 0 spiro atoms. The molecule has 0 unspecified atom stereocenters. The Morgan fingerprint density at radius 3 is 1.02 bits per heavy atom. The van der Waals surface area contributed by atoms with Crippen molar-refractivity contribution in [2.75, 3.05) is 0 Å². The monoisotopic (exact) mass is 600 g/mol. The Hall–Kier alpha value is -4.62. The van der Waals surface area contributed by atoms with Gasteiger partial charge in [-0.05, 0) is 98.5 Å². The zero-order valence-corrected chi connectivity index (χ0v) is 26.6. The van der Waals surface area contributed by atoms with Gasteiger partial charge in [0, 0.05) is 68.8 Å². The first-order chi connectivity index (χ1) is 21.6. The first-order valence-corrected chi connectivity index (χ1v) is 16.2. The second-order valence-corrected chi connectivity index (χ2v) is 12.3. The van der Waals surface area contributed by atoms with E-state index in [4.69, 9.17) is 9.97 Å². The minimum absolute atomic E-state index is 0. The molecule has 7 nitrogen and oxygen atoms in total. The third-order valence-corrected chi connectivity index (χ3v) is 10.5. The normalized spacial score (nSPS) is 18.3. The molecular formula is C38H44N6O. The molecule has 1 aliphatic rings. The van der Waals surface area contributed by atoms with Crippen molar-refractivity contribution in [1.82, 2.24) is 29.9 Å². The number of pyridine rings is 2. The lowest BCUT2D eigenvalue weighted by Gasteiger charge is -2.31. The zero-order valence-electron chi connectivity index (χ0n) is 26.6. The van der Waals surface area contributed by atoms with Crippen LogP contribution in [-0.4, -0.2) is 35.4 Å². The molecule has 6 aromatic heterocycles. The molecule has 0 aliphatic carbocycles. The Morgan fingerprint density at radius 2 is 0.778 bits per heavy atom. The highest BCUT2D eigenvalue weighted by molar-refractivity contribution is 5.45. The Kier molecular flexibility index (Phi) is 8.14. The number of hydrogen-bond acceptors (Lipinski definition) is 2. The molecule has 7 heterocycles. The summed E-state index contributed by atoms with van der Waals surface area (Å²) in [5.74, 6) is -0.0901. The van der Waals surface area contributed by atoms with Crippen molar-refractivity contribution in [3.05, 3.63) is 154 Å². The molecule has 7 rings (SSSR count). The summed E-state index contributed by atoms with van der Waals surface area (Å²) in [4.78, 5) is 25.4. The fraction of sp³-hybridized carbons (Fsp3) is 0.316. The average Bonchev–Trinajstić information content (AvgIpc) is 3.90. The molecule has 232 valence electrons. The van der Waals surface area contributed by atoms with Gasteiger partial charge in [0.2, 0.25) is 0 Å². The molecular weight excluding hydrogens is 556 g/mol.